The zero-order valence-electron chi connectivity index (χ0n) is 8.97. The van der Waals surface area contributed by atoms with Crippen molar-refractivity contribution in [2.45, 2.75) is 46.9 Å². The van der Waals surface area contributed by atoms with Crippen molar-refractivity contribution in [1.82, 2.24) is 0 Å². The van der Waals surface area contributed by atoms with Crippen LogP contribution in [0.3, 0.4) is 0 Å². The third kappa shape index (κ3) is 4.02. The molecule has 0 heterocycles. The molecule has 0 aliphatic rings. The lowest BCUT2D eigenvalue weighted by atomic mass is 9.87. The number of carbonyl (C=O) groups excluding carboxylic acids is 1. The quantitative estimate of drug-likeness (QED) is 0.633. The molecule has 0 aromatic carbocycles. The minimum absolute atomic E-state index is 0.0664. The normalized spacial score (nSPS) is 14.9. The predicted octanol–water partition coefficient (Wildman–Crippen LogP) is 1.99. The van der Waals surface area contributed by atoms with Crippen LogP contribution in [0.5, 0.6) is 0 Å². The molecule has 3 heteroatoms. The zero-order chi connectivity index (χ0) is 9.94. The lowest BCUT2D eigenvalue weighted by Crippen LogP contribution is -2.38. The van der Waals surface area contributed by atoms with Gasteiger partial charge in [0.2, 0.25) is 0 Å². The maximum absolute atomic E-state index is 11.2. The van der Waals surface area contributed by atoms with Gasteiger partial charge < -0.3 is 4.43 Å². The van der Waals surface area contributed by atoms with Gasteiger partial charge in [0.05, 0.1) is 0 Å². The smallest absolute Gasteiger partial charge is 0.171 e. The molecule has 12 heavy (non-hydrogen) atoms. The van der Waals surface area contributed by atoms with E-state index in [4.69, 9.17) is 4.43 Å². The van der Waals surface area contributed by atoms with Gasteiger partial charge in [0.1, 0.15) is 6.10 Å². The minimum Gasteiger partial charge on any atom is -0.410 e. The molecular formula is C9H20O2Si. The van der Waals surface area contributed by atoms with E-state index in [0.29, 0.717) is 0 Å². The van der Waals surface area contributed by atoms with Crippen molar-refractivity contribution in [3.63, 3.8) is 0 Å². The van der Waals surface area contributed by atoms with Crippen LogP contribution >= 0.6 is 0 Å². The third-order valence-corrected chi connectivity index (χ3v) is 2.38. The Kier molecular flexibility index (Phi) is 4.13. The summed E-state index contributed by atoms with van der Waals surface area (Å²) in [7, 11) is -1.11. The molecule has 0 aliphatic heterocycles. The highest BCUT2D eigenvalue weighted by Gasteiger charge is 2.29. The summed E-state index contributed by atoms with van der Waals surface area (Å²) in [5.41, 5.74) is -0.0664. The molecule has 0 radical (unpaired) electrons. The van der Waals surface area contributed by atoms with Crippen molar-refractivity contribution in [3.05, 3.63) is 0 Å². The van der Waals surface area contributed by atoms with Crippen molar-refractivity contribution in [2.24, 2.45) is 5.41 Å². The Balaban J connectivity index is 4.35. The lowest BCUT2D eigenvalue weighted by molar-refractivity contribution is -0.128. The maximum Gasteiger partial charge on any atom is 0.171 e. The van der Waals surface area contributed by atoms with Gasteiger partial charge in [-0.3, -0.25) is 4.79 Å². The van der Waals surface area contributed by atoms with Crippen molar-refractivity contribution in [3.8, 4) is 0 Å². The Bertz CT molecular complexity index is 158. The summed E-state index contributed by atoms with van der Waals surface area (Å²) in [6.45, 7) is 11.9. The van der Waals surface area contributed by atoms with Crippen LogP contribution < -0.4 is 0 Å². The number of ketones is 1. The van der Waals surface area contributed by atoms with Crippen molar-refractivity contribution >= 4 is 14.8 Å². The van der Waals surface area contributed by atoms with Gasteiger partial charge in [-0.1, -0.05) is 20.8 Å². The molecule has 0 bridgehead atoms. The monoisotopic (exact) mass is 188 g/mol. The molecule has 0 amide bonds. The molecule has 0 fully saturated rings. The van der Waals surface area contributed by atoms with Crippen molar-refractivity contribution in [1.29, 1.82) is 0 Å². The second-order valence-electron chi connectivity index (χ2n) is 4.54. The summed E-state index contributed by atoms with van der Waals surface area (Å²) in [6, 6.07) is 0. The lowest BCUT2D eigenvalue weighted by Gasteiger charge is -2.30. The molecule has 72 valence electrons. The first-order chi connectivity index (χ1) is 5.25. The van der Waals surface area contributed by atoms with E-state index in [1.165, 1.54) is 0 Å². The summed E-state index contributed by atoms with van der Waals surface area (Å²) in [6.07, 6.45) is -0.218. The van der Waals surface area contributed by atoms with Gasteiger partial charge in [-0.15, -0.1) is 0 Å². The summed E-state index contributed by atoms with van der Waals surface area (Å²) >= 11 is 0. The van der Waals surface area contributed by atoms with E-state index in [1.54, 1.807) is 6.92 Å². The Hall–Kier alpha value is -0.153. The van der Waals surface area contributed by atoms with E-state index in [9.17, 15) is 4.79 Å². The van der Waals surface area contributed by atoms with Crippen LogP contribution in [-0.2, 0) is 9.22 Å². The standard InChI is InChI=1S/C9H20O2Si/c1-7(10)8(9(2,3)4)11-12(5)6/h8,12H,1-6H3. The number of hydrogen-bond donors (Lipinski definition) is 0. The molecular weight excluding hydrogens is 168 g/mol. The highest BCUT2D eigenvalue weighted by Crippen LogP contribution is 2.23. The number of carbonyl (C=O) groups is 1. The molecule has 0 aromatic rings. The first-order valence-corrected chi connectivity index (χ1v) is 7.19. The van der Waals surface area contributed by atoms with E-state index in [1.807, 2.05) is 20.8 Å². The van der Waals surface area contributed by atoms with Gasteiger partial charge in [0.15, 0.2) is 14.8 Å². The average Bonchev–Trinajstić information content (AvgIpc) is 1.79. The van der Waals surface area contributed by atoms with Crippen molar-refractivity contribution in [2.75, 3.05) is 0 Å². The number of Topliss-reactive ketones (excluding diaryl/α,β-unsaturated/α-hetero) is 1. The fourth-order valence-corrected chi connectivity index (χ4v) is 2.33. The first-order valence-electron chi connectivity index (χ1n) is 4.41. The van der Waals surface area contributed by atoms with Crippen LogP contribution in [0.15, 0.2) is 0 Å². The molecule has 1 atom stereocenters. The van der Waals surface area contributed by atoms with E-state index in [2.05, 4.69) is 13.1 Å². The molecule has 0 spiro atoms. The van der Waals surface area contributed by atoms with Gasteiger partial charge in [0.25, 0.3) is 0 Å². The molecule has 0 saturated carbocycles. The molecule has 0 N–H and O–H groups in total. The third-order valence-electron chi connectivity index (χ3n) is 1.56. The molecule has 0 saturated heterocycles. The van der Waals surface area contributed by atoms with Crippen LogP contribution in [0.4, 0.5) is 0 Å². The van der Waals surface area contributed by atoms with E-state index in [0.717, 1.165) is 0 Å². The van der Waals surface area contributed by atoms with Gasteiger partial charge in [-0.25, -0.2) is 0 Å². The highest BCUT2D eigenvalue weighted by atomic mass is 28.3. The average molecular weight is 188 g/mol. The second kappa shape index (κ2) is 4.19. The van der Waals surface area contributed by atoms with E-state index in [-0.39, 0.29) is 17.3 Å². The largest absolute Gasteiger partial charge is 0.410 e. The van der Waals surface area contributed by atoms with Gasteiger partial charge in [0, 0.05) is 0 Å². The summed E-state index contributed by atoms with van der Waals surface area (Å²) in [5, 5.41) is 0. The maximum atomic E-state index is 11.2. The van der Waals surface area contributed by atoms with Crippen molar-refractivity contribution < 1.29 is 9.22 Å². The fourth-order valence-electron chi connectivity index (χ4n) is 1.18. The number of hydrogen-bond acceptors (Lipinski definition) is 2. The SMILES string of the molecule is CC(=O)C(O[SiH](C)C)C(C)(C)C. The van der Waals surface area contributed by atoms with Gasteiger partial charge in [-0.2, -0.15) is 0 Å². The highest BCUT2D eigenvalue weighted by molar-refractivity contribution is 6.48. The molecule has 2 nitrogen and oxygen atoms in total. The molecule has 0 aliphatic carbocycles. The Labute approximate surface area is 77.0 Å². The Morgan fingerprint density at radius 3 is 1.83 bits per heavy atom. The summed E-state index contributed by atoms with van der Waals surface area (Å²) < 4.78 is 5.67. The Morgan fingerprint density at radius 2 is 1.75 bits per heavy atom. The summed E-state index contributed by atoms with van der Waals surface area (Å²) in [5.74, 6) is 0.142. The topological polar surface area (TPSA) is 26.3 Å². The molecule has 1 unspecified atom stereocenters. The van der Waals surface area contributed by atoms with Crippen LogP contribution in [0.2, 0.25) is 13.1 Å². The van der Waals surface area contributed by atoms with Crippen LogP contribution in [0, 0.1) is 5.41 Å². The Morgan fingerprint density at radius 1 is 1.33 bits per heavy atom. The fraction of sp³-hybridized carbons (Fsp3) is 0.889. The predicted molar refractivity (Wildman–Crippen MR) is 53.9 cm³/mol. The molecule has 0 aromatic heterocycles. The van der Waals surface area contributed by atoms with Crippen LogP contribution in [-0.4, -0.2) is 20.9 Å². The first kappa shape index (κ1) is 11.8. The zero-order valence-corrected chi connectivity index (χ0v) is 10.1. The summed E-state index contributed by atoms with van der Waals surface area (Å²) in [4.78, 5) is 11.2. The van der Waals surface area contributed by atoms with Crippen LogP contribution in [0.1, 0.15) is 27.7 Å². The van der Waals surface area contributed by atoms with E-state index < -0.39 is 9.04 Å². The van der Waals surface area contributed by atoms with Gasteiger partial charge >= 0.3 is 0 Å². The van der Waals surface area contributed by atoms with Gasteiger partial charge in [-0.05, 0) is 25.4 Å². The second-order valence-corrected chi connectivity index (χ2v) is 6.91. The van der Waals surface area contributed by atoms with Crippen LogP contribution in [0.25, 0.3) is 0 Å². The number of rotatable bonds is 3. The molecule has 0 rings (SSSR count). The minimum atomic E-state index is -1.11. The van der Waals surface area contributed by atoms with E-state index >= 15 is 0 Å².